The SMILES string of the molecule is Cc1ccc(C)c(C(C)NCC(O)CO)c1. The first kappa shape index (κ1) is 13.2. The maximum atomic E-state index is 9.27. The van der Waals surface area contributed by atoms with Gasteiger partial charge in [-0.25, -0.2) is 0 Å². The number of aliphatic hydroxyl groups excluding tert-OH is 2. The zero-order valence-electron chi connectivity index (χ0n) is 10.2. The van der Waals surface area contributed by atoms with E-state index in [0.29, 0.717) is 6.54 Å². The molecule has 90 valence electrons. The van der Waals surface area contributed by atoms with Crippen molar-refractivity contribution in [3.8, 4) is 0 Å². The summed E-state index contributed by atoms with van der Waals surface area (Å²) in [6, 6.07) is 6.53. The Balaban J connectivity index is 2.65. The van der Waals surface area contributed by atoms with Crippen LogP contribution in [-0.2, 0) is 0 Å². The molecule has 0 saturated carbocycles. The first-order chi connectivity index (χ1) is 7.54. The Morgan fingerprint density at radius 1 is 1.31 bits per heavy atom. The molecule has 0 heterocycles. The lowest BCUT2D eigenvalue weighted by Gasteiger charge is -2.18. The highest BCUT2D eigenvalue weighted by molar-refractivity contribution is 5.32. The summed E-state index contributed by atoms with van der Waals surface area (Å²) >= 11 is 0. The lowest BCUT2D eigenvalue weighted by Crippen LogP contribution is -2.31. The number of hydrogen-bond donors (Lipinski definition) is 3. The third kappa shape index (κ3) is 3.59. The van der Waals surface area contributed by atoms with Crippen LogP contribution in [0.3, 0.4) is 0 Å². The van der Waals surface area contributed by atoms with Gasteiger partial charge in [0.2, 0.25) is 0 Å². The first-order valence-corrected chi connectivity index (χ1v) is 5.64. The summed E-state index contributed by atoms with van der Waals surface area (Å²) in [5.41, 5.74) is 3.71. The normalized spacial score (nSPS) is 14.8. The maximum absolute atomic E-state index is 9.27. The van der Waals surface area contributed by atoms with Gasteiger partial charge in [-0.1, -0.05) is 23.8 Å². The second-order valence-corrected chi connectivity index (χ2v) is 4.33. The van der Waals surface area contributed by atoms with E-state index >= 15 is 0 Å². The van der Waals surface area contributed by atoms with E-state index in [0.717, 1.165) is 0 Å². The molecule has 0 fully saturated rings. The van der Waals surface area contributed by atoms with Gasteiger partial charge in [0.25, 0.3) is 0 Å². The van der Waals surface area contributed by atoms with Crippen LogP contribution < -0.4 is 5.32 Å². The van der Waals surface area contributed by atoms with Gasteiger partial charge in [-0.05, 0) is 31.9 Å². The van der Waals surface area contributed by atoms with Crippen LogP contribution in [0.5, 0.6) is 0 Å². The largest absolute Gasteiger partial charge is 0.394 e. The van der Waals surface area contributed by atoms with Gasteiger partial charge in [0.05, 0.1) is 12.7 Å². The molecule has 0 saturated heterocycles. The molecule has 1 aromatic rings. The molecule has 3 heteroatoms. The van der Waals surface area contributed by atoms with E-state index in [1.54, 1.807) is 0 Å². The summed E-state index contributed by atoms with van der Waals surface area (Å²) in [5, 5.41) is 21.2. The topological polar surface area (TPSA) is 52.5 Å². The number of hydrogen-bond acceptors (Lipinski definition) is 3. The molecule has 0 aliphatic rings. The number of benzene rings is 1. The number of nitrogens with one attached hydrogen (secondary N) is 1. The molecule has 0 aliphatic carbocycles. The van der Waals surface area contributed by atoms with Crippen molar-refractivity contribution in [1.82, 2.24) is 5.32 Å². The molecule has 0 aliphatic heterocycles. The van der Waals surface area contributed by atoms with E-state index < -0.39 is 6.10 Å². The maximum Gasteiger partial charge on any atom is 0.0895 e. The van der Waals surface area contributed by atoms with Gasteiger partial charge in [0.15, 0.2) is 0 Å². The van der Waals surface area contributed by atoms with E-state index in [4.69, 9.17) is 5.11 Å². The summed E-state index contributed by atoms with van der Waals surface area (Å²) in [5.74, 6) is 0. The van der Waals surface area contributed by atoms with E-state index in [1.165, 1.54) is 16.7 Å². The second-order valence-electron chi connectivity index (χ2n) is 4.33. The molecule has 0 bridgehead atoms. The third-order valence-electron chi connectivity index (χ3n) is 2.77. The molecular formula is C13H21NO2. The summed E-state index contributed by atoms with van der Waals surface area (Å²) in [6.45, 7) is 6.41. The Morgan fingerprint density at radius 2 is 2.00 bits per heavy atom. The van der Waals surface area contributed by atoms with Gasteiger partial charge in [-0.2, -0.15) is 0 Å². The lowest BCUT2D eigenvalue weighted by atomic mass is 10.00. The van der Waals surface area contributed by atoms with E-state index in [-0.39, 0.29) is 12.6 Å². The van der Waals surface area contributed by atoms with Crippen LogP contribution in [0.4, 0.5) is 0 Å². The molecule has 3 nitrogen and oxygen atoms in total. The van der Waals surface area contributed by atoms with Crippen molar-refractivity contribution < 1.29 is 10.2 Å². The standard InChI is InChI=1S/C13H21NO2/c1-9-4-5-10(2)13(6-9)11(3)14-7-12(16)8-15/h4-6,11-12,14-16H,7-8H2,1-3H3. The molecule has 3 N–H and O–H groups in total. The Kier molecular flexibility index (Phi) is 4.93. The van der Waals surface area contributed by atoms with Crippen molar-refractivity contribution in [2.24, 2.45) is 0 Å². The number of rotatable bonds is 5. The molecule has 1 aromatic carbocycles. The fraction of sp³-hybridized carbons (Fsp3) is 0.538. The first-order valence-electron chi connectivity index (χ1n) is 5.64. The predicted octanol–water partition coefficient (Wildman–Crippen LogP) is 1.31. The predicted molar refractivity (Wildman–Crippen MR) is 65.4 cm³/mol. The molecule has 2 unspecified atom stereocenters. The van der Waals surface area contributed by atoms with Crippen LogP contribution in [0.1, 0.15) is 29.7 Å². The van der Waals surface area contributed by atoms with Crippen molar-refractivity contribution in [3.05, 3.63) is 34.9 Å². The summed E-state index contributed by atoms with van der Waals surface area (Å²) < 4.78 is 0. The highest BCUT2D eigenvalue weighted by Gasteiger charge is 2.10. The van der Waals surface area contributed by atoms with E-state index in [1.807, 2.05) is 0 Å². The van der Waals surface area contributed by atoms with Crippen LogP contribution in [0.2, 0.25) is 0 Å². The Morgan fingerprint density at radius 3 is 2.62 bits per heavy atom. The Bertz CT molecular complexity index is 339. The molecule has 0 aromatic heterocycles. The zero-order chi connectivity index (χ0) is 12.1. The average Bonchev–Trinajstić information content (AvgIpc) is 2.28. The minimum atomic E-state index is -0.687. The fourth-order valence-corrected chi connectivity index (χ4v) is 1.71. The molecule has 1 rings (SSSR count). The molecule has 0 amide bonds. The van der Waals surface area contributed by atoms with Gasteiger partial charge in [0.1, 0.15) is 0 Å². The molecule has 0 radical (unpaired) electrons. The van der Waals surface area contributed by atoms with Crippen molar-refractivity contribution in [1.29, 1.82) is 0 Å². The van der Waals surface area contributed by atoms with Crippen molar-refractivity contribution in [2.45, 2.75) is 32.9 Å². The number of aryl methyl sites for hydroxylation is 2. The second kappa shape index (κ2) is 5.99. The number of aliphatic hydroxyl groups is 2. The quantitative estimate of drug-likeness (QED) is 0.705. The van der Waals surface area contributed by atoms with Gasteiger partial charge >= 0.3 is 0 Å². The highest BCUT2D eigenvalue weighted by Crippen LogP contribution is 2.18. The van der Waals surface area contributed by atoms with E-state index in [9.17, 15) is 5.11 Å². The van der Waals surface area contributed by atoms with Crippen LogP contribution in [-0.4, -0.2) is 29.5 Å². The van der Waals surface area contributed by atoms with Gasteiger partial charge in [0, 0.05) is 12.6 Å². The van der Waals surface area contributed by atoms with Crippen molar-refractivity contribution >= 4 is 0 Å². The Hall–Kier alpha value is -0.900. The van der Waals surface area contributed by atoms with Crippen LogP contribution >= 0.6 is 0 Å². The van der Waals surface area contributed by atoms with Crippen LogP contribution in [0.25, 0.3) is 0 Å². The summed E-state index contributed by atoms with van der Waals surface area (Å²) in [6.07, 6.45) is -0.687. The monoisotopic (exact) mass is 223 g/mol. The molecule has 2 atom stereocenters. The van der Waals surface area contributed by atoms with Crippen LogP contribution in [0.15, 0.2) is 18.2 Å². The lowest BCUT2D eigenvalue weighted by molar-refractivity contribution is 0.0923. The van der Waals surface area contributed by atoms with Gasteiger partial charge < -0.3 is 15.5 Å². The Labute approximate surface area is 97.1 Å². The van der Waals surface area contributed by atoms with Gasteiger partial charge in [-0.15, -0.1) is 0 Å². The minimum Gasteiger partial charge on any atom is -0.394 e. The molecular weight excluding hydrogens is 202 g/mol. The van der Waals surface area contributed by atoms with Crippen molar-refractivity contribution in [2.75, 3.05) is 13.2 Å². The van der Waals surface area contributed by atoms with Crippen LogP contribution in [0, 0.1) is 13.8 Å². The molecule has 0 spiro atoms. The fourth-order valence-electron chi connectivity index (χ4n) is 1.71. The zero-order valence-corrected chi connectivity index (χ0v) is 10.2. The smallest absolute Gasteiger partial charge is 0.0895 e. The minimum absolute atomic E-state index is 0.182. The van der Waals surface area contributed by atoms with Crippen molar-refractivity contribution in [3.63, 3.8) is 0 Å². The molecule has 16 heavy (non-hydrogen) atoms. The third-order valence-corrected chi connectivity index (χ3v) is 2.77. The van der Waals surface area contributed by atoms with E-state index in [2.05, 4.69) is 44.3 Å². The highest BCUT2D eigenvalue weighted by atomic mass is 16.3. The van der Waals surface area contributed by atoms with Gasteiger partial charge in [-0.3, -0.25) is 0 Å². The summed E-state index contributed by atoms with van der Waals surface area (Å²) in [4.78, 5) is 0. The summed E-state index contributed by atoms with van der Waals surface area (Å²) in [7, 11) is 0. The average molecular weight is 223 g/mol.